The Balaban J connectivity index is 2.77. The maximum atomic E-state index is 4.12. The van der Waals surface area contributed by atoms with E-state index < -0.39 is 0 Å². The van der Waals surface area contributed by atoms with E-state index in [0.717, 1.165) is 11.3 Å². The minimum absolute atomic E-state index is 0.944. The second-order valence-electron chi connectivity index (χ2n) is 1.40. The Morgan fingerprint density at radius 2 is 2.57 bits per heavy atom. The van der Waals surface area contributed by atoms with Gasteiger partial charge in [0.15, 0.2) is 0 Å². The Morgan fingerprint density at radius 1 is 1.71 bits per heavy atom. The van der Waals surface area contributed by atoms with Gasteiger partial charge in [0, 0.05) is 6.42 Å². The number of hydrogen-bond donors (Lipinski definition) is 1. The van der Waals surface area contributed by atoms with Crippen LogP contribution in [0.5, 0.6) is 0 Å². The van der Waals surface area contributed by atoms with Crippen LogP contribution in [0.15, 0.2) is 28.9 Å². The van der Waals surface area contributed by atoms with Gasteiger partial charge in [-0.2, -0.15) is 0 Å². The van der Waals surface area contributed by atoms with E-state index in [1.165, 1.54) is 0 Å². The molecule has 0 aliphatic heterocycles. The van der Waals surface area contributed by atoms with E-state index in [-0.39, 0.29) is 0 Å². The lowest BCUT2D eigenvalue weighted by molar-refractivity contribution is 1.35. The van der Waals surface area contributed by atoms with Crippen molar-refractivity contribution in [3.8, 4) is 0 Å². The van der Waals surface area contributed by atoms with Gasteiger partial charge in [-0.05, 0) is 23.1 Å². The molecule has 0 bridgehead atoms. The summed E-state index contributed by atoms with van der Waals surface area (Å²) in [7, 11) is 0. The second kappa shape index (κ2) is 2.06. The summed E-state index contributed by atoms with van der Waals surface area (Å²) in [5.74, 6) is 0. The third kappa shape index (κ3) is 1.26. The van der Waals surface area contributed by atoms with Crippen molar-refractivity contribution in [3.05, 3.63) is 28.9 Å². The summed E-state index contributed by atoms with van der Waals surface area (Å²) in [5, 5.41) is 0. The van der Waals surface area contributed by atoms with Crippen molar-refractivity contribution in [1.29, 1.82) is 0 Å². The Kier molecular flexibility index (Phi) is 1.40. The minimum Gasteiger partial charge on any atom is -0.148 e. The highest BCUT2D eigenvalue weighted by Crippen LogP contribution is 2.08. The van der Waals surface area contributed by atoms with E-state index in [2.05, 4.69) is 18.4 Å². The first-order valence-corrected chi connectivity index (χ1v) is 2.63. The first-order chi connectivity index (χ1) is 3.39. The van der Waals surface area contributed by atoms with E-state index in [1.807, 2.05) is 18.2 Å². The fourth-order valence-electron chi connectivity index (χ4n) is 0.444. The van der Waals surface area contributed by atoms with E-state index in [4.69, 9.17) is 0 Å². The van der Waals surface area contributed by atoms with Crippen molar-refractivity contribution in [2.24, 2.45) is 0 Å². The molecule has 0 amide bonds. The standard InChI is InChI=1S/C6H6S/c7-6-4-2-1-3-5-6/h2-4,7H,5H2. The van der Waals surface area contributed by atoms with Gasteiger partial charge in [-0.3, -0.25) is 0 Å². The highest BCUT2D eigenvalue weighted by Gasteiger charge is 1.84. The Morgan fingerprint density at radius 3 is 2.86 bits per heavy atom. The molecule has 0 nitrogen and oxygen atoms in total. The summed E-state index contributed by atoms with van der Waals surface area (Å²) in [6.45, 7) is 0. The van der Waals surface area contributed by atoms with Crippen LogP contribution in [-0.2, 0) is 0 Å². The van der Waals surface area contributed by atoms with Gasteiger partial charge < -0.3 is 0 Å². The molecule has 36 valence electrons. The fourth-order valence-corrected chi connectivity index (χ4v) is 0.610. The van der Waals surface area contributed by atoms with Gasteiger partial charge in [0.05, 0.1) is 0 Å². The lowest BCUT2D eigenvalue weighted by Gasteiger charge is -1.90. The number of hydrogen-bond acceptors (Lipinski definition) is 1. The van der Waals surface area contributed by atoms with Crippen LogP contribution in [0.4, 0.5) is 0 Å². The monoisotopic (exact) mass is 110 g/mol. The summed E-state index contributed by atoms with van der Waals surface area (Å²) in [6.07, 6.45) is 6.72. The van der Waals surface area contributed by atoms with Crippen LogP contribution >= 0.6 is 12.6 Å². The molecule has 0 heterocycles. The van der Waals surface area contributed by atoms with Crippen LogP contribution < -0.4 is 0 Å². The first kappa shape index (κ1) is 4.76. The van der Waals surface area contributed by atoms with Gasteiger partial charge >= 0.3 is 0 Å². The van der Waals surface area contributed by atoms with Gasteiger partial charge in [-0.25, -0.2) is 0 Å². The summed E-state index contributed by atoms with van der Waals surface area (Å²) in [5.41, 5.74) is 2.94. The smallest absolute Gasteiger partial charge is 0.00365 e. The predicted molar refractivity (Wildman–Crippen MR) is 34.3 cm³/mol. The summed E-state index contributed by atoms with van der Waals surface area (Å²) in [6, 6.07) is 0. The fraction of sp³-hybridized carbons (Fsp3) is 0.167. The second-order valence-corrected chi connectivity index (χ2v) is 1.97. The largest absolute Gasteiger partial charge is 0.148 e. The normalized spacial score (nSPS) is 17.0. The molecule has 0 spiro atoms. The van der Waals surface area contributed by atoms with E-state index in [9.17, 15) is 0 Å². The molecule has 0 unspecified atom stereocenters. The SMILES string of the molecule is SC1=CC=C=CC1. The molecule has 0 aromatic carbocycles. The van der Waals surface area contributed by atoms with Gasteiger partial charge in [-0.1, -0.05) is 0 Å². The van der Waals surface area contributed by atoms with Crippen molar-refractivity contribution in [3.63, 3.8) is 0 Å². The van der Waals surface area contributed by atoms with Crippen LogP contribution in [0.1, 0.15) is 6.42 Å². The Bertz CT molecular complexity index is 148. The van der Waals surface area contributed by atoms with Gasteiger partial charge in [0.1, 0.15) is 0 Å². The van der Waals surface area contributed by atoms with Crippen LogP contribution in [0.3, 0.4) is 0 Å². The third-order valence-electron chi connectivity index (χ3n) is 0.801. The van der Waals surface area contributed by atoms with Crippen molar-refractivity contribution >= 4 is 12.6 Å². The van der Waals surface area contributed by atoms with Crippen molar-refractivity contribution in [2.45, 2.75) is 6.42 Å². The van der Waals surface area contributed by atoms with Gasteiger partial charge in [0.2, 0.25) is 0 Å². The van der Waals surface area contributed by atoms with Gasteiger partial charge in [-0.15, -0.1) is 18.4 Å². The van der Waals surface area contributed by atoms with Crippen LogP contribution in [0, 0.1) is 0 Å². The molecule has 0 saturated carbocycles. The molecule has 0 aromatic rings. The third-order valence-corrected chi connectivity index (χ3v) is 1.13. The van der Waals surface area contributed by atoms with Crippen molar-refractivity contribution in [2.75, 3.05) is 0 Å². The van der Waals surface area contributed by atoms with E-state index >= 15 is 0 Å². The lowest BCUT2D eigenvalue weighted by Crippen LogP contribution is -1.68. The van der Waals surface area contributed by atoms with Gasteiger partial charge in [0.25, 0.3) is 0 Å². The average Bonchev–Trinajstić information content (AvgIpc) is 1.69. The van der Waals surface area contributed by atoms with Crippen molar-refractivity contribution < 1.29 is 0 Å². The first-order valence-electron chi connectivity index (χ1n) is 2.18. The molecule has 1 heteroatoms. The molecule has 0 N–H and O–H groups in total. The highest BCUT2D eigenvalue weighted by atomic mass is 32.1. The Hall–Kier alpha value is -0.390. The van der Waals surface area contributed by atoms with E-state index in [0.29, 0.717) is 0 Å². The average molecular weight is 110 g/mol. The zero-order valence-electron chi connectivity index (χ0n) is 3.89. The summed E-state index contributed by atoms with van der Waals surface area (Å²) < 4.78 is 0. The molecule has 0 aromatic heterocycles. The zero-order chi connectivity index (χ0) is 5.11. The number of rotatable bonds is 0. The molecule has 1 aliphatic rings. The molecular weight excluding hydrogens is 104 g/mol. The molecule has 0 atom stereocenters. The predicted octanol–water partition coefficient (Wildman–Crippen LogP) is 1.92. The minimum atomic E-state index is 0.944. The van der Waals surface area contributed by atoms with E-state index in [1.54, 1.807) is 0 Å². The molecule has 1 rings (SSSR count). The quantitative estimate of drug-likeness (QED) is 0.357. The molecule has 0 saturated heterocycles. The topological polar surface area (TPSA) is 0 Å². The highest BCUT2D eigenvalue weighted by molar-refractivity contribution is 7.84. The zero-order valence-corrected chi connectivity index (χ0v) is 4.78. The number of thiol groups is 1. The maximum Gasteiger partial charge on any atom is 0.00365 e. The van der Waals surface area contributed by atoms with Crippen molar-refractivity contribution in [1.82, 2.24) is 0 Å². The molecule has 0 radical (unpaired) electrons. The molecule has 7 heavy (non-hydrogen) atoms. The molecular formula is C6H6S. The maximum absolute atomic E-state index is 4.12. The van der Waals surface area contributed by atoms with Crippen LogP contribution in [0.25, 0.3) is 0 Å². The van der Waals surface area contributed by atoms with Crippen LogP contribution in [-0.4, -0.2) is 0 Å². The molecule has 1 aliphatic carbocycles. The Labute approximate surface area is 48.6 Å². The summed E-state index contributed by atoms with van der Waals surface area (Å²) in [4.78, 5) is 1.11. The number of allylic oxidation sites excluding steroid dienone is 3. The lowest BCUT2D eigenvalue weighted by atomic mass is 10.3. The summed E-state index contributed by atoms with van der Waals surface area (Å²) >= 11 is 4.12. The molecule has 0 fully saturated rings. The van der Waals surface area contributed by atoms with Crippen LogP contribution in [0.2, 0.25) is 0 Å².